The molecule has 0 radical (unpaired) electrons. The fourth-order valence-corrected chi connectivity index (χ4v) is 2.41. The highest BCUT2D eigenvalue weighted by atomic mass is 16.6. The summed E-state index contributed by atoms with van der Waals surface area (Å²) in [5.41, 5.74) is 6.35. The van der Waals surface area contributed by atoms with Crippen LogP contribution < -0.4 is 11.1 Å². The summed E-state index contributed by atoms with van der Waals surface area (Å²) < 4.78 is 5.39. The molecule has 3 N–H and O–H groups in total. The van der Waals surface area contributed by atoms with Gasteiger partial charge in [-0.3, -0.25) is 4.99 Å². The normalized spacial score (nSPS) is 18.8. The summed E-state index contributed by atoms with van der Waals surface area (Å²) in [7, 11) is 0. The maximum absolute atomic E-state index is 12.0. The lowest BCUT2D eigenvalue weighted by atomic mass is 10.1. The molecule has 1 aliphatic rings. The molecule has 1 fully saturated rings. The molecular formula is C17H26N4O2. The smallest absolute Gasteiger partial charge is 0.410 e. The van der Waals surface area contributed by atoms with Crippen LogP contribution in [0.1, 0.15) is 27.2 Å². The van der Waals surface area contributed by atoms with E-state index in [1.165, 1.54) is 0 Å². The molecule has 1 amide bonds. The number of para-hydroxylation sites is 1. The number of nitrogens with one attached hydrogen (secondary N) is 1. The lowest BCUT2D eigenvalue weighted by Crippen LogP contribution is -2.35. The van der Waals surface area contributed by atoms with Crippen LogP contribution >= 0.6 is 0 Å². The van der Waals surface area contributed by atoms with Crippen molar-refractivity contribution in [2.75, 3.05) is 25.0 Å². The first-order valence-corrected chi connectivity index (χ1v) is 7.93. The molecule has 0 spiro atoms. The third kappa shape index (κ3) is 5.81. The average Bonchev–Trinajstić information content (AvgIpc) is 2.93. The van der Waals surface area contributed by atoms with E-state index in [0.29, 0.717) is 31.5 Å². The van der Waals surface area contributed by atoms with Crippen molar-refractivity contribution in [1.82, 2.24) is 4.90 Å². The molecule has 6 heteroatoms. The van der Waals surface area contributed by atoms with Gasteiger partial charge in [0.05, 0.1) is 0 Å². The number of rotatable bonds is 3. The van der Waals surface area contributed by atoms with Crippen LogP contribution in [0.5, 0.6) is 0 Å². The topological polar surface area (TPSA) is 80.0 Å². The van der Waals surface area contributed by atoms with Gasteiger partial charge in [-0.05, 0) is 45.2 Å². The van der Waals surface area contributed by atoms with Crippen LogP contribution in [-0.4, -0.2) is 42.2 Å². The lowest BCUT2D eigenvalue weighted by Gasteiger charge is -2.24. The molecule has 2 rings (SSSR count). The number of ether oxygens (including phenoxy) is 1. The number of anilines is 1. The molecule has 1 unspecified atom stereocenters. The first-order valence-electron chi connectivity index (χ1n) is 7.93. The second-order valence-corrected chi connectivity index (χ2v) is 6.80. The van der Waals surface area contributed by atoms with E-state index in [4.69, 9.17) is 10.5 Å². The predicted octanol–water partition coefficient (Wildman–Crippen LogP) is 2.67. The molecule has 6 nitrogen and oxygen atoms in total. The number of carbonyl (C=O) groups is 1. The Bertz CT molecular complexity index is 551. The van der Waals surface area contributed by atoms with Gasteiger partial charge in [0.15, 0.2) is 5.96 Å². The van der Waals surface area contributed by atoms with Crippen LogP contribution in [0, 0.1) is 5.92 Å². The zero-order valence-electron chi connectivity index (χ0n) is 14.1. The Morgan fingerprint density at radius 3 is 2.74 bits per heavy atom. The van der Waals surface area contributed by atoms with Gasteiger partial charge in [-0.25, -0.2) is 4.79 Å². The van der Waals surface area contributed by atoms with E-state index in [9.17, 15) is 4.79 Å². The maximum atomic E-state index is 12.0. The monoisotopic (exact) mass is 318 g/mol. The molecule has 1 atom stereocenters. The first kappa shape index (κ1) is 17.1. The van der Waals surface area contributed by atoms with Gasteiger partial charge in [-0.15, -0.1) is 0 Å². The Kier molecular flexibility index (Phi) is 5.47. The Labute approximate surface area is 137 Å². The Balaban J connectivity index is 1.79. The van der Waals surface area contributed by atoms with Gasteiger partial charge >= 0.3 is 6.09 Å². The van der Waals surface area contributed by atoms with Crippen LogP contribution in [0.2, 0.25) is 0 Å². The minimum absolute atomic E-state index is 0.251. The van der Waals surface area contributed by atoms with E-state index in [0.717, 1.165) is 12.1 Å². The van der Waals surface area contributed by atoms with Gasteiger partial charge in [-0.1, -0.05) is 18.2 Å². The van der Waals surface area contributed by atoms with E-state index in [-0.39, 0.29) is 6.09 Å². The Morgan fingerprint density at radius 1 is 1.39 bits per heavy atom. The van der Waals surface area contributed by atoms with E-state index in [1.54, 1.807) is 4.90 Å². The molecule has 0 aromatic heterocycles. The van der Waals surface area contributed by atoms with Crippen molar-refractivity contribution in [3.63, 3.8) is 0 Å². The highest BCUT2D eigenvalue weighted by Gasteiger charge is 2.29. The quantitative estimate of drug-likeness (QED) is 0.663. The van der Waals surface area contributed by atoms with E-state index in [2.05, 4.69) is 10.3 Å². The van der Waals surface area contributed by atoms with Crippen molar-refractivity contribution in [2.24, 2.45) is 16.6 Å². The fourth-order valence-electron chi connectivity index (χ4n) is 2.41. The summed E-state index contributed by atoms with van der Waals surface area (Å²) in [6.45, 7) is 7.60. The summed E-state index contributed by atoms with van der Waals surface area (Å²) >= 11 is 0. The highest BCUT2D eigenvalue weighted by Crippen LogP contribution is 2.19. The minimum atomic E-state index is -0.461. The molecule has 0 bridgehead atoms. The van der Waals surface area contributed by atoms with Crippen LogP contribution in [0.15, 0.2) is 35.3 Å². The number of aliphatic imine (C=N–C) groups is 1. The number of carbonyl (C=O) groups excluding carboxylic acids is 1. The standard InChI is InChI=1S/C17H26N4O2/c1-17(2,3)23-16(22)21-10-9-13(12-21)11-19-15(18)20-14-7-5-4-6-8-14/h4-8,13H,9-12H2,1-3H3,(H3,18,19,20). The Hall–Kier alpha value is -2.24. The summed E-state index contributed by atoms with van der Waals surface area (Å²) in [4.78, 5) is 18.1. The minimum Gasteiger partial charge on any atom is -0.444 e. The molecule has 126 valence electrons. The molecule has 1 aromatic rings. The number of nitrogens with zero attached hydrogens (tertiary/aromatic N) is 2. The maximum Gasteiger partial charge on any atom is 0.410 e. The fraction of sp³-hybridized carbons (Fsp3) is 0.529. The number of amides is 1. The molecule has 1 saturated heterocycles. The van der Waals surface area contributed by atoms with Crippen LogP contribution in [-0.2, 0) is 4.74 Å². The van der Waals surface area contributed by atoms with Gasteiger partial charge in [0.25, 0.3) is 0 Å². The zero-order chi connectivity index (χ0) is 16.9. The molecule has 0 aliphatic carbocycles. The second-order valence-electron chi connectivity index (χ2n) is 6.80. The van der Waals surface area contributed by atoms with Crippen molar-refractivity contribution in [3.05, 3.63) is 30.3 Å². The van der Waals surface area contributed by atoms with Gasteiger partial charge < -0.3 is 20.7 Å². The van der Waals surface area contributed by atoms with E-state index >= 15 is 0 Å². The summed E-state index contributed by atoms with van der Waals surface area (Å²) in [5.74, 6) is 0.713. The SMILES string of the molecule is CC(C)(C)OC(=O)N1CCC(CN=C(N)Nc2ccccc2)C1. The van der Waals surface area contributed by atoms with Gasteiger partial charge in [0.2, 0.25) is 0 Å². The van der Waals surface area contributed by atoms with Crippen molar-refractivity contribution < 1.29 is 9.53 Å². The second kappa shape index (κ2) is 7.35. The van der Waals surface area contributed by atoms with Crippen molar-refractivity contribution in [3.8, 4) is 0 Å². The first-order chi connectivity index (χ1) is 10.8. The number of nitrogens with two attached hydrogens (primary N) is 1. The molecule has 0 saturated carbocycles. The van der Waals surface area contributed by atoms with E-state index < -0.39 is 5.60 Å². The molecule has 1 aliphatic heterocycles. The van der Waals surface area contributed by atoms with Gasteiger partial charge in [0, 0.05) is 25.3 Å². The lowest BCUT2D eigenvalue weighted by molar-refractivity contribution is 0.0289. The van der Waals surface area contributed by atoms with Gasteiger partial charge in [-0.2, -0.15) is 0 Å². The van der Waals surface area contributed by atoms with Crippen LogP contribution in [0.3, 0.4) is 0 Å². The number of benzene rings is 1. The van der Waals surface area contributed by atoms with Crippen LogP contribution in [0.4, 0.5) is 10.5 Å². The summed E-state index contributed by atoms with van der Waals surface area (Å²) in [5, 5.41) is 3.05. The summed E-state index contributed by atoms with van der Waals surface area (Å²) in [6, 6.07) is 9.68. The highest BCUT2D eigenvalue weighted by molar-refractivity contribution is 5.92. The van der Waals surface area contributed by atoms with Crippen molar-refractivity contribution in [2.45, 2.75) is 32.8 Å². The number of likely N-dealkylation sites (tertiary alicyclic amines) is 1. The largest absolute Gasteiger partial charge is 0.444 e. The predicted molar refractivity (Wildman–Crippen MR) is 92.5 cm³/mol. The third-order valence-corrected chi connectivity index (χ3v) is 3.50. The number of guanidine groups is 1. The zero-order valence-corrected chi connectivity index (χ0v) is 14.1. The Morgan fingerprint density at radius 2 is 2.09 bits per heavy atom. The molecule has 23 heavy (non-hydrogen) atoms. The summed E-state index contributed by atoms with van der Waals surface area (Å²) in [6.07, 6.45) is 0.667. The van der Waals surface area contributed by atoms with Crippen molar-refractivity contribution in [1.29, 1.82) is 0 Å². The third-order valence-electron chi connectivity index (χ3n) is 3.50. The van der Waals surface area contributed by atoms with Crippen LogP contribution in [0.25, 0.3) is 0 Å². The number of hydrogen-bond acceptors (Lipinski definition) is 3. The molecule has 1 aromatic carbocycles. The molecule has 1 heterocycles. The van der Waals surface area contributed by atoms with Crippen molar-refractivity contribution >= 4 is 17.7 Å². The molecular weight excluding hydrogens is 292 g/mol. The van der Waals surface area contributed by atoms with E-state index in [1.807, 2.05) is 51.1 Å². The number of hydrogen-bond donors (Lipinski definition) is 2. The average molecular weight is 318 g/mol. The van der Waals surface area contributed by atoms with Gasteiger partial charge in [0.1, 0.15) is 5.60 Å².